The molecule has 0 N–H and O–H groups in total. The van der Waals surface area contributed by atoms with Crippen LogP contribution in [-0.4, -0.2) is 25.2 Å². The minimum Gasteiger partial charge on any atom is -0.454 e. The lowest BCUT2D eigenvalue weighted by molar-refractivity contribution is -0.0340. The summed E-state index contributed by atoms with van der Waals surface area (Å²) < 4.78 is 32.8. The number of carbonyl (C=O) groups is 1. The Labute approximate surface area is 167 Å². The van der Waals surface area contributed by atoms with Gasteiger partial charge in [0.05, 0.1) is 10.5 Å². The van der Waals surface area contributed by atoms with Crippen LogP contribution in [-0.2, 0) is 14.6 Å². The molecule has 28 heavy (non-hydrogen) atoms. The lowest BCUT2D eigenvalue weighted by Crippen LogP contribution is -2.50. The van der Waals surface area contributed by atoms with Gasteiger partial charge in [0.2, 0.25) is 0 Å². The quantitative estimate of drug-likeness (QED) is 0.514. The third-order valence-corrected chi connectivity index (χ3v) is 7.64. The molecule has 148 valence electrons. The van der Waals surface area contributed by atoms with E-state index in [4.69, 9.17) is 4.74 Å². The lowest BCUT2D eigenvalue weighted by atomic mass is 9.81. The van der Waals surface area contributed by atoms with Crippen molar-refractivity contribution in [2.75, 3.05) is 0 Å². The molecule has 2 aromatic rings. The molecule has 0 spiro atoms. The van der Waals surface area contributed by atoms with E-state index in [2.05, 4.69) is 6.58 Å². The second kappa shape index (κ2) is 8.31. The molecule has 4 nitrogen and oxygen atoms in total. The van der Waals surface area contributed by atoms with Crippen molar-refractivity contribution in [3.05, 3.63) is 78.4 Å². The van der Waals surface area contributed by atoms with Gasteiger partial charge in [-0.05, 0) is 56.9 Å². The number of hydrogen-bond acceptors (Lipinski definition) is 4. The van der Waals surface area contributed by atoms with Gasteiger partial charge in [0, 0.05) is 0 Å². The molecule has 0 amide bonds. The van der Waals surface area contributed by atoms with E-state index in [1.807, 2.05) is 13.0 Å². The molecule has 0 bridgehead atoms. The van der Waals surface area contributed by atoms with E-state index >= 15 is 0 Å². The molecular weight excluding hydrogens is 372 g/mol. The van der Waals surface area contributed by atoms with Crippen LogP contribution < -0.4 is 0 Å². The number of esters is 1. The Balaban J connectivity index is 2.00. The molecule has 0 aliphatic heterocycles. The van der Waals surface area contributed by atoms with Gasteiger partial charge in [0.25, 0.3) is 0 Å². The number of aryl methyl sites for hydroxylation is 1. The predicted octanol–water partition coefficient (Wildman–Crippen LogP) is 4.88. The van der Waals surface area contributed by atoms with E-state index < -0.39 is 26.7 Å². The van der Waals surface area contributed by atoms with Crippen LogP contribution in [0.1, 0.15) is 48.0 Å². The van der Waals surface area contributed by atoms with Crippen LogP contribution in [0.5, 0.6) is 0 Å². The maximum absolute atomic E-state index is 13.4. The topological polar surface area (TPSA) is 60.4 Å². The van der Waals surface area contributed by atoms with Crippen molar-refractivity contribution in [2.45, 2.75) is 54.8 Å². The molecule has 0 heterocycles. The average molecular weight is 399 g/mol. The molecule has 0 saturated heterocycles. The number of benzene rings is 2. The van der Waals surface area contributed by atoms with Crippen molar-refractivity contribution in [2.24, 2.45) is 0 Å². The monoisotopic (exact) mass is 398 g/mol. The van der Waals surface area contributed by atoms with Gasteiger partial charge in [0.15, 0.2) is 9.84 Å². The fourth-order valence-corrected chi connectivity index (χ4v) is 5.82. The molecule has 1 unspecified atom stereocenters. The SMILES string of the molecule is C=CC(C1(OC(=O)c2ccccc2)CCCCC1)S(=O)(=O)c1ccc(C)cc1. The van der Waals surface area contributed by atoms with Crippen LogP contribution in [0.4, 0.5) is 0 Å². The van der Waals surface area contributed by atoms with Gasteiger partial charge in [-0.15, -0.1) is 6.58 Å². The molecular formula is C23H26O4S. The zero-order valence-electron chi connectivity index (χ0n) is 16.1. The van der Waals surface area contributed by atoms with E-state index in [-0.39, 0.29) is 4.90 Å². The van der Waals surface area contributed by atoms with Gasteiger partial charge in [-0.3, -0.25) is 0 Å². The molecule has 1 saturated carbocycles. The van der Waals surface area contributed by atoms with Gasteiger partial charge in [-0.25, -0.2) is 13.2 Å². The van der Waals surface area contributed by atoms with Gasteiger partial charge in [-0.1, -0.05) is 48.4 Å². The lowest BCUT2D eigenvalue weighted by Gasteiger charge is -2.41. The van der Waals surface area contributed by atoms with E-state index in [1.165, 1.54) is 6.08 Å². The predicted molar refractivity (Wildman–Crippen MR) is 110 cm³/mol. The Morgan fingerprint density at radius 3 is 2.21 bits per heavy atom. The number of carbonyl (C=O) groups excluding carboxylic acids is 1. The zero-order chi connectivity index (χ0) is 20.2. The van der Waals surface area contributed by atoms with Gasteiger partial charge < -0.3 is 4.74 Å². The summed E-state index contributed by atoms with van der Waals surface area (Å²) >= 11 is 0. The summed E-state index contributed by atoms with van der Waals surface area (Å²) in [7, 11) is -3.75. The fourth-order valence-electron chi connectivity index (χ4n) is 3.91. The molecule has 1 atom stereocenters. The minimum atomic E-state index is -3.75. The number of ether oxygens (including phenoxy) is 1. The Kier molecular flexibility index (Phi) is 6.04. The standard InChI is InChI=1S/C23H26O4S/c1-3-21(28(25,26)20-14-12-18(2)13-15-20)23(16-8-5-9-17-23)27-22(24)19-10-6-4-7-11-19/h3-4,6-7,10-15,21H,1,5,8-9,16-17H2,2H3. The number of hydrogen-bond donors (Lipinski definition) is 0. The number of rotatable bonds is 6. The van der Waals surface area contributed by atoms with Gasteiger partial charge >= 0.3 is 5.97 Å². The Hall–Kier alpha value is -2.40. The second-order valence-corrected chi connectivity index (χ2v) is 9.46. The third kappa shape index (κ3) is 4.04. The summed E-state index contributed by atoms with van der Waals surface area (Å²) in [5.41, 5.74) is 0.302. The second-order valence-electron chi connectivity index (χ2n) is 7.40. The van der Waals surface area contributed by atoms with Crippen LogP contribution in [0.2, 0.25) is 0 Å². The Bertz CT molecular complexity index is 924. The molecule has 0 aromatic heterocycles. The Morgan fingerprint density at radius 1 is 1.04 bits per heavy atom. The van der Waals surface area contributed by atoms with Crippen LogP contribution in [0.15, 0.2) is 72.1 Å². The maximum Gasteiger partial charge on any atom is 0.338 e. The first kappa shape index (κ1) is 20.3. The van der Waals surface area contributed by atoms with Crippen molar-refractivity contribution < 1.29 is 17.9 Å². The first-order chi connectivity index (χ1) is 13.4. The van der Waals surface area contributed by atoms with E-state index in [0.29, 0.717) is 18.4 Å². The van der Waals surface area contributed by atoms with Crippen LogP contribution >= 0.6 is 0 Å². The van der Waals surface area contributed by atoms with Crippen molar-refractivity contribution in [1.29, 1.82) is 0 Å². The molecule has 1 aliphatic rings. The van der Waals surface area contributed by atoms with Gasteiger partial charge in [0.1, 0.15) is 10.9 Å². The highest BCUT2D eigenvalue weighted by atomic mass is 32.2. The molecule has 3 rings (SSSR count). The van der Waals surface area contributed by atoms with E-state index in [0.717, 1.165) is 24.8 Å². The first-order valence-electron chi connectivity index (χ1n) is 9.60. The van der Waals surface area contributed by atoms with Crippen molar-refractivity contribution in [1.82, 2.24) is 0 Å². The number of sulfone groups is 1. The zero-order valence-corrected chi connectivity index (χ0v) is 17.0. The first-order valence-corrected chi connectivity index (χ1v) is 11.2. The Morgan fingerprint density at radius 2 is 1.64 bits per heavy atom. The highest BCUT2D eigenvalue weighted by molar-refractivity contribution is 7.92. The van der Waals surface area contributed by atoms with Crippen LogP contribution in [0.25, 0.3) is 0 Å². The summed E-state index contributed by atoms with van der Waals surface area (Å²) in [6, 6.07) is 15.5. The molecule has 2 aromatic carbocycles. The smallest absolute Gasteiger partial charge is 0.338 e. The van der Waals surface area contributed by atoms with Crippen LogP contribution in [0, 0.1) is 6.92 Å². The molecule has 0 radical (unpaired) electrons. The highest BCUT2D eigenvalue weighted by Gasteiger charge is 2.49. The largest absolute Gasteiger partial charge is 0.454 e. The van der Waals surface area contributed by atoms with Crippen molar-refractivity contribution in [3.63, 3.8) is 0 Å². The van der Waals surface area contributed by atoms with Gasteiger partial charge in [-0.2, -0.15) is 0 Å². The third-order valence-electron chi connectivity index (χ3n) is 5.42. The van der Waals surface area contributed by atoms with Crippen molar-refractivity contribution in [3.8, 4) is 0 Å². The minimum absolute atomic E-state index is 0.226. The average Bonchev–Trinajstić information content (AvgIpc) is 2.70. The summed E-state index contributed by atoms with van der Waals surface area (Å²) in [6.45, 7) is 5.71. The molecule has 1 aliphatic carbocycles. The molecule has 1 fully saturated rings. The highest BCUT2D eigenvalue weighted by Crippen LogP contribution is 2.40. The van der Waals surface area contributed by atoms with E-state index in [1.54, 1.807) is 48.5 Å². The summed E-state index contributed by atoms with van der Waals surface area (Å²) in [4.78, 5) is 13.0. The van der Waals surface area contributed by atoms with Crippen molar-refractivity contribution >= 4 is 15.8 Å². The fraction of sp³-hybridized carbons (Fsp3) is 0.348. The summed E-state index contributed by atoms with van der Waals surface area (Å²) in [5, 5.41) is -0.990. The maximum atomic E-state index is 13.4. The summed E-state index contributed by atoms with van der Waals surface area (Å²) in [6.07, 6.45) is 5.07. The summed E-state index contributed by atoms with van der Waals surface area (Å²) in [5.74, 6) is -0.492. The normalized spacial score (nSPS) is 17.5. The molecule has 5 heteroatoms. The van der Waals surface area contributed by atoms with E-state index in [9.17, 15) is 13.2 Å². The van der Waals surface area contributed by atoms with Crippen LogP contribution in [0.3, 0.4) is 0 Å².